The molecule has 0 aliphatic rings. The van der Waals surface area contributed by atoms with E-state index in [1.165, 1.54) is 12.1 Å². The van der Waals surface area contributed by atoms with Crippen molar-refractivity contribution >= 4 is 10.0 Å². The molecular formula is C20H28N2O4S. The Bertz CT molecular complexity index is 834. The van der Waals surface area contributed by atoms with E-state index in [0.29, 0.717) is 13.2 Å². The second-order valence-electron chi connectivity index (χ2n) is 6.50. The summed E-state index contributed by atoms with van der Waals surface area (Å²) in [5.74, 6) is 1.51. The topological polar surface area (TPSA) is 90.6 Å². The minimum Gasteiger partial charge on any atom is -0.490 e. The van der Waals surface area contributed by atoms with Crippen LogP contribution in [-0.2, 0) is 23.0 Å². The van der Waals surface area contributed by atoms with Gasteiger partial charge < -0.3 is 14.8 Å². The van der Waals surface area contributed by atoms with Gasteiger partial charge in [0.2, 0.25) is 10.0 Å². The first-order chi connectivity index (χ1) is 12.8. The van der Waals surface area contributed by atoms with Crippen LogP contribution in [0.5, 0.6) is 11.5 Å². The first kappa shape index (κ1) is 21.2. The Labute approximate surface area is 161 Å². The van der Waals surface area contributed by atoms with Crippen LogP contribution in [0.25, 0.3) is 0 Å². The summed E-state index contributed by atoms with van der Waals surface area (Å²) in [7, 11) is -3.64. The highest BCUT2D eigenvalue weighted by Gasteiger charge is 2.09. The molecule has 0 saturated heterocycles. The zero-order chi connectivity index (χ0) is 19.9. The third kappa shape index (κ3) is 6.86. The van der Waals surface area contributed by atoms with E-state index < -0.39 is 10.0 Å². The summed E-state index contributed by atoms with van der Waals surface area (Å²) >= 11 is 0. The molecule has 148 valence electrons. The van der Waals surface area contributed by atoms with Crippen LogP contribution in [0.15, 0.2) is 47.4 Å². The average Bonchev–Trinajstić information content (AvgIpc) is 2.60. The molecule has 0 unspecified atom stereocenters. The Morgan fingerprint density at radius 2 is 1.70 bits per heavy atom. The van der Waals surface area contributed by atoms with Crippen LogP contribution in [0, 0.1) is 0 Å². The van der Waals surface area contributed by atoms with Gasteiger partial charge in [0.15, 0.2) is 11.5 Å². The molecule has 0 atom stereocenters. The standard InChI is InChI=1S/C20H28N2O4S/c1-4-25-20-13-17(7-10-19(20)26-15(2)3)14-22-12-11-16-5-8-18(9-6-16)27(21,23)24/h5-10,13,15,22H,4,11-12,14H2,1-3H3,(H2,21,23,24). The molecule has 0 aliphatic carbocycles. The second kappa shape index (κ2) is 9.73. The van der Waals surface area contributed by atoms with Crippen LogP contribution < -0.4 is 19.9 Å². The van der Waals surface area contributed by atoms with Crippen molar-refractivity contribution in [3.05, 3.63) is 53.6 Å². The van der Waals surface area contributed by atoms with Gasteiger partial charge in [-0.15, -0.1) is 0 Å². The van der Waals surface area contributed by atoms with Gasteiger partial charge in [-0.3, -0.25) is 0 Å². The fourth-order valence-corrected chi connectivity index (χ4v) is 3.11. The minimum atomic E-state index is -3.64. The molecule has 0 amide bonds. The van der Waals surface area contributed by atoms with E-state index in [2.05, 4.69) is 5.32 Å². The predicted octanol–water partition coefficient (Wildman–Crippen LogP) is 2.85. The summed E-state index contributed by atoms with van der Waals surface area (Å²) in [4.78, 5) is 0.131. The quantitative estimate of drug-likeness (QED) is 0.607. The molecule has 7 heteroatoms. The van der Waals surface area contributed by atoms with Gasteiger partial charge in [-0.25, -0.2) is 13.6 Å². The van der Waals surface area contributed by atoms with Gasteiger partial charge >= 0.3 is 0 Å². The molecule has 0 radical (unpaired) electrons. The van der Waals surface area contributed by atoms with Crippen molar-refractivity contribution in [3.63, 3.8) is 0 Å². The lowest BCUT2D eigenvalue weighted by atomic mass is 10.1. The third-order valence-corrected chi connectivity index (χ3v) is 4.77. The monoisotopic (exact) mass is 392 g/mol. The molecule has 3 N–H and O–H groups in total. The lowest BCUT2D eigenvalue weighted by Gasteiger charge is -2.15. The number of primary sulfonamides is 1. The number of rotatable bonds is 10. The Balaban J connectivity index is 1.88. The molecule has 0 saturated carbocycles. The fourth-order valence-electron chi connectivity index (χ4n) is 2.59. The molecule has 2 aromatic carbocycles. The van der Waals surface area contributed by atoms with Crippen LogP contribution >= 0.6 is 0 Å². The van der Waals surface area contributed by atoms with Crippen molar-refractivity contribution in [2.75, 3.05) is 13.2 Å². The zero-order valence-electron chi connectivity index (χ0n) is 16.1. The van der Waals surface area contributed by atoms with Crippen molar-refractivity contribution in [1.82, 2.24) is 5.32 Å². The third-order valence-electron chi connectivity index (χ3n) is 3.84. The maximum atomic E-state index is 11.3. The Kier molecular flexibility index (Phi) is 7.65. The Morgan fingerprint density at radius 1 is 1.04 bits per heavy atom. The molecule has 0 aromatic heterocycles. The van der Waals surface area contributed by atoms with E-state index >= 15 is 0 Å². The number of hydrogen-bond donors (Lipinski definition) is 2. The van der Waals surface area contributed by atoms with Crippen LogP contribution in [0.4, 0.5) is 0 Å². The van der Waals surface area contributed by atoms with Crippen LogP contribution in [0.1, 0.15) is 31.9 Å². The maximum Gasteiger partial charge on any atom is 0.238 e. The predicted molar refractivity (Wildman–Crippen MR) is 107 cm³/mol. The molecule has 27 heavy (non-hydrogen) atoms. The summed E-state index contributed by atoms with van der Waals surface area (Å²) in [6.07, 6.45) is 0.881. The van der Waals surface area contributed by atoms with Crippen molar-refractivity contribution in [3.8, 4) is 11.5 Å². The molecule has 2 rings (SSSR count). The molecule has 0 fully saturated rings. The molecule has 0 heterocycles. The average molecular weight is 393 g/mol. The van der Waals surface area contributed by atoms with Gasteiger partial charge in [0.25, 0.3) is 0 Å². The number of hydrogen-bond acceptors (Lipinski definition) is 5. The number of sulfonamides is 1. The number of nitrogens with one attached hydrogen (secondary N) is 1. The van der Waals surface area contributed by atoms with E-state index in [4.69, 9.17) is 14.6 Å². The van der Waals surface area contributed by atoms with Crippen molar-refractivity contribution in [1.29, 1.82) is 0 Å². The SMILES string of the molecule is CCOc1cc(CNCCc2ccc(S(N)(=O)=O)cc2)ccc1OC(C)C. The van der Waals surface area contributed by atoms with Gasteiger partial charge in [0.1, 0.15) is 0 Å². The summed E-state index contributed by atoms with van der Waals surface area (Å²) in [5, 5.41) is 8.49. The first-order valence-corrected chi connectivity index (χ1v) is 10.6. The Hall–Kier alpha value is -2.09. The summed E-state index contributed by atoms with van der Waals surface area (Å²) in [6.45, 7) is 7.98. The smallest absolute Gasteiger partial charge is 0.238 e. The molecule has 0 aliphatic heterocycles. The largest absolute Gasteiger partial charge is 0.490 e. The van der Waals surface area contributed by atoms with E-state index in [-0.39, 0.29) is 11.0 Å². The van der Waals surface area contributed by atoms with Crippen molar-refractivity contribution in [2.24, 2.45) is 5.14 Å². The highest BCUT2D eigenvalue weighted by molar-refractivity contribution is 7.89. The summed E-state index contributed by atoms with van der Waals surface area (Å²) in [6, 6.07) is 12.6. The van der Waals surface area contributed by atoms with Crippen LogP contribution in [0.3, 0.4) is 0 Å². The van der Waals surface area contributed by atoms with Gasteiger partial charge in [0.05, 0.1) is 17.6 Å². The maximum absolute atomic E-state index is 11.3. The molecule has 0 bridgehead atoms. The van der Waals surface area contributed by atoms with Gasteiger partial charge in [-0.2, -0.15) is 0 Å². The van der Waals surface area contributed by atoms with Crippen molar-refractivity contribution in [2.45, 2.75) is 44.7 Å². The number of ether oxygens (including phenoxy) is 2. The van der Waals surface area contributed by atoms with Crippen LogP contribution in [-0.4, -0.2) is 27.7 Å². The van der Waals surface area contributed by atoms with E-state index in [0.717, 1.165) is 35.6 Å². The normalized spacial score (nSPS) is 11.6. The highest BCUT2D eigenvalue weighted by Crippen LogP contribution is 2.29. The number of benzene rings is 2. The summed E-state index contributed by atoms with van der Waals surface area (Å²) in [5.41, 5.74) is 2.16. The van der Waals surface area contributed by atoms with Crippen molar-refractivity contribution < 1.29 is 17.9 Å². The fraction of sp³-hybridized carbons (Fsp3) is 0.400. The minimum absolute atomic E-state index is 0.0915. The Morgan fingerprint density at radius 3 is 2.30 bits per heavy atom. The first-order valence-electron chi connectivity index (χ1n) is 9.04. The zero-order valence-corrected chi connectivity index (χ0v) is 16.9. The lowest BCUT2D eigenvalue weighted by molar-refractivity contribution is 0.223. The highest BCUT2D eigenvalue weighted by atomic mass is 32.2. The molecule has 2 aromatic rings. The molecule has 0 spiro atoms. The van der Waals surface area contributed by atoms with E-state index in [1.54, 1.807) is 12.1 Å². The van der Waals surface area contributed by atoms with Gasteiger partial charge in [-0.05, 0) is 69.1 Å². The molecule has 6 nitrogen and oxygen atoms in total. The van der Waals surface area contributed by atoms with E-state index in [1.807, 2.05) is 39.0 Å². The van der Waals surface area contributed by atoms with E-state index in [9.17, 15) is 8.42 Å². The second-order valence-corrected chi connectivity index (χ2v) is 8.06. The van der Waals surface area contributed by atoms with Gasteiger partial charge in [0, 0.05) is 6.54 Å². The summed E-state index contributed by atoms with van der Waals surface area (Å²) < 4.78 is 34.0. The lowest BCUT2D eigenvalue weighted by Crippen LogP contribution is -2.17. The number of nitrogens with two attached hydrogens (primary N) is 1. The van der Waals surface area contributed by atoms with Gasteiger partial charge in [-0.1, -0.05) is 18.2 Å². The molecular weight excluding hydrogens is 364 g/mol. The van der Waals surface area contributed by atoms with Crippen LogP contribution in [0.2, 0.25) is 0 Å².